The van der Waals surface area contributed by atoms with Gasteiger partial charge in [0.25, 0.3) is 0 Å². The Morgan fingerprint density at radius 1 is 1.19 bits per heavy atom. The van der Waals surface area contributed by atoms with E-state index in [1.807, 2.05) is 60.1 Å². The summed E-state index contributed by atoms with van der Waals surface area (Å²) in [7, 11) is 2.02. The topological polar surface area (TPSA) is 46.6 Å². The Hall–Kier alpha value is -2.04. The summed E-state index contributed by atoms with van der Waals surface area (Å²) in [5.41, 5.74) is 9.02. The summed E-state index contributed by atoms with van der Waals surface area (Å²) < 4.78 is 2.04. The number of hydrogen-bond acceptors (Lipinski definition) is 3. The largest absolute Gasteiger partial charge is 0.354 e. The first-order valence-electron chi connectivity index (χ1n) is 6.80. The number of anilines is 1. The lowest BCUT2D eigenvalue weighted by Crippen LogP contribution is -2.19. The molecule has 21 heavy (non-hydrogen) atoms. The molecule has 0 amide bonds. The third-order valence-corrected chi connectivity index (χ3v) is 3.75. The van der Waals surface area contributed by atoms with Crippen LogP contribution in [-0.2, 0) is 13.1 Å². The molecule has 3 aromatic rings. The van der Waals surface area contributed by atoms with Gasteiger partial charge in [0, 0.05) is 31.4 Å². The Balaban J connectivity index is 1.93. The van der Waals surface area contributed by atoms with E-state index in [9.17, 15) is 0 Å². The number of rotatable bonds is 4. The first-order chi connectivity index (χ1) is 10.2. The Kier molecular flexibility index (Phi) is 3.82. The highest BCUT2D eigenvalue weighted by Gasteiger charge is 2.14. The standard InChI is InChI=1S/C16H17ClN4/c1-20(11-12-5-7-13(17)8-6-12)16-14(10-18)21-9-3-2-4-15(21)19-16/h2-9H,10-11,18H2,1H3. The van der Waals surface area contributed by atoms with Crippen molar-refractivity contribution in [1.29, 1.82) is 0 Å². The van der Waals surface area contributed by atoms with Gasteiger partial charge in [-0.2, -0.15) is 0 Å². The average Bonchev–Trinajstić information content (AvgIpc) is 2.88. The van der Waals surface area contributed by atoms with Crippen LogP contribution in [0.2, 0.25) is 5.02 Å². The van der Waals surface area contributed by atoms with Crippen molar-refractivity contribution in [2.24, 2.45) is 5.73 Å². The van der Waals surface area contributed by atoms with Gasteiger partial charge in [0.1, 0.15) is 5.65 Å². The molecule has 3 rings (SSSR count). The van der Waals surface area contributed by atoms with E-state index in [-0.39, 0.29) is 0 Å². The van der Waals surface area contributed by atoms with Gasteiger partial charge in [-0.25, -0.2) is 4.98 Å². The number of nitrogens with two attached hydrogens (primary N) is 1. The molecule has 0 aliphatic carbocycles. The Bertz CT molecular complexity index is 749. The highest BCUT2D eigenvalue weighted by atomic mass is 35.5. The highest BCUT2D eigenvalue weighted by Crippen LogP contribution is 2.22. The van der Waals surface area contributed by atoms with Crippen LogP contribution in [0.3, 0.4) is 0 Å². The zero-order valence-corrected chi connectivity index (χ0v) is 12.6. The van der Waals surface area contributed by atoms with E-state index in [1.54, 1.807) is 0 Å². The van der Waals surface area contributed by atoms with Gasteiger partial charge in [0.15, 0.2) is 5.82 Å². The molecule has 0 fully saturated rings. The third kappa shape index (κ3) is 2.73. The zero-order valence-electron chi connectivity index (χ0n) is 11.8. The van der Waals surface area contributed by atoms with E-state index in [4.69, 9.17) is 17.3 Å². The van der Waals surface area contributed by atoms with Crippen LogP contribution in [0.25, 0.3) is 5.65 Å². The third-order valence-electron chi connectivity index (χ3n) is 3.50. The number of nitrogens with zero attached hydrogens (tertiary/aromatic N) is 3. The Morgan fingerprint density at radius 3 is 2.67 bits per heavy atom. The molecule has 0 spiro atoms. The van der Waals surface area contributed by atoms with Crippen LogP contribution < -0.4 is 10.6 Å². The van der Waals surface area contributed by atoms with Crippen LogP contribution in [0.4, 0.5) is 5.82 Å². The normalized spacial score (nSPS) is 11.0. The number of fused-ring (bicyclic) bond motifs is 1. The van der Waals surface area contributed by atoms with Crippen molar-refractivity contribution >= 4 is 23.1 Å². The fourth-order valence-electron chi connectivity index (χ4n) is 2.47. The summed E-state index contributed by atoms with van der Waals surface area (Å²) in [6, 6.07) is 13.8. The number of aromatic nitrogens is 2. The van der Waals surface area contributed by atoms with Gasteiger partial charge in [0.2, 0.25) is 0 Å². The van der Waals surface area contributed by atoms with Gasteiger partial charge in [0.05, 0.1) is 5.69 Å². The fourth-order valence-corrected chi connectivity index (χ4v) is 2.59. The van der Waals surface area contributed by atoms with E-state index < -0.39 is 0 Å². The second kappa shape index (κ2) is 5.76. The SMILES string of the molecule is CN(Cc1ccc(Cl)cc1)c1nc2ccccn2c1CN. The molecular formula is C16H17ClN4. The molecule has 4 nitrogen and oxygen atoms in total. The molecule has 2 aromatic heterocycles. The molecular weight excluding hydrogens is 284 g/mol. The average molecular weight is 301 g/mol. The minimum Gasteiger partial charge on any atom is -0.354 e. The summed E-state index contributed by atoms with van der Waals surface area (Å²) in [6.07, 6.45) is 1.99. The molecule has 108 valence electrons. The molecule has 0 bridgehead atoms. The van der Waals surface area contributed by atoms with Crippen LogP contribution in [0.5, 0.6) is 0 Å². The lowest BCUT2D eigenvalue weighted by atomic mass is 10.2. The van der Waals surface area contributed by atoms with Crippen LogP contribution in [-0.4, -0.2) is 16.4 Å². The van der Waals surface area contributed by atoms with Gasteiger partial charge in [-0.3, -0.25) is 0 Å². The maximum atomic E-state index is 5.92. The van der Waals surface area contributed by atoms with Crippen molar-refractivity contribution < 1.29 is 0 Å². The Morgan fingerprint density at radius 2 is 1.95 bits per heavy atom. The number of pyridine rings is 1. The number of halogens is 1. The van der Waals surface area contributed by atoms with Crippen molar-refractivity contribution in [2.45, 2.75) is 13.1 Å². The molecule has 0 saturated heterocycles. The van der Waals surface area contributed by atoms with E-state index in [1.165, 1.54) is 5.56 Å². The van der Waals surface area contributed by atoms with Crippen LogP contribution >= 0.6 is 11.6 Å². The molecule has 0 radical (unpaired) electrons. The van der Waals surface area contributed by atoms with Crippen molar-refractivity contribution in [3.8, 4) is 0 Å². The minimum absolute atomic E-state index is 0.450. The lowest BCUT2D eigenvalue weighted by Gasteiger charge is -2.18. The van der Waals surface area contributed by atoms with Crippen molar-refractivity contribution in [3.63, 3.8) is 0 Å². The fraction of sp³-hybridized carbons (Fsp3) is 0.188. The first-order valence-corrected chi connectivity index (χ1v) is 7.18. The van der Waals surface area contributed by atoms with Crippen molar-refractivity contribution in [2.75, 3.05) is 11.9 Å². The monoisotopic (exact) mass is 300 g/mol. The maximum absolute atomic E-state index is 5.92. The second-order valence-electron chi connectivity index (χ2n) is 5.00. The minimum atomic E-state index is 0.450. The second-order valence-corrected chi connectivity index (χ2v) is 5.43. The van der Waals surface area contributed by atoms with Crippen molar-refractivity contribution in [3.05, 3.63) is 64.9 Å². The van der Waals surface area contributed by atoms with Gasteiger partial charge < -0.3 is 15.0 Å². The smallest absolute Gasteiger partial charge is 0.152 e. The number of benzene rings is 1. The summed E-state index contributed by atoms with van der Waals surface area (Å²) in [6.45, 7) is 1.21. The summed E-state index contributed by atoms with van der Waals surface area (Å²) in [5, 5.41) is 0.747. The van der Waals surface area contributed by atoms with E-state index in [0.29, 0.717) is 6.54 Å². The quantitative estimate of drug-likeness (QED) is 0.805. The van der Waals surface area contributed by atoms with Crippen LogP contribution in [0.1, 0.15) is 11.3 Å². The summed E-state index contributed by atoms with van der Waals surface area (Å²) in [5.74, 6) is 0.915. The zero-order chi connectivity index (χ0) is 14.8. The van der Waals surface area contributed by atoms with Crippen LogP contribution in [0.15, 0.2) is 48.7 Å². The van der Waals surface area contributed by atoms with Gasteiger partial charge >= 0.3 is 0 Å². The van der Waals surface area contributed by atoms with Gasteiger partial charge in [-0.15, -0.1) is 0 Å². The molecule has 0 unspecified atom stereocenters. The predicted molar refractivity (Wildman–Crippen MR) is 86.6 cm³/mol. The summed E-state index contributed by atoms with van der Waals surface area (Å²) >= 11 is 5.92. The van der Waals surface area contributed by atoms with E-state index in [0.717, 1.165) is 28.7 Å². The summed E-state index contributed by atoms with van der Waals surface area (Å²) in [4.78, 5) is 6.79. The number of hydrogen-bond donors (Lipinski definition) is 1. The van der Waals surface area contributed by atoms with Crippen molar-refractivity contribution in [1.82, 2.24) is 9.38 Å². The maximum Gasteiger partial charge on any atom is 0.152 e. The van der Waals surface area contributed by atoms with Gasteiger partial charge in [-0.1, -0.05) is 29.8 Å². The van der Waals surface area contributed by atoms with Gasteiger partial charge in [-0.05, 0) is 29.8 Å². The molecule has 2 N–H and O–H groups in total. The molecule has 1 aromatic carbocycles. The van der Waals surface area contributed by atoms with E-state index >= 15 is 0 Å². The van der Waals surface area contributed by atoms with Crippen LogP contribution in [0, 0.1) is 0 Å². The lowest BCUT2D eigenvalue weighted by molar-refractivity contribution is 0.873. The molecule has 5 heteroatoms. The molecule has 0 atom stereocenters. The Labute approximate surface area is 128 Å². The first kappa shape index (κ1) is 13.9. The number of imidazole rings is 1. The van der Waals surface area contributed by atoms with E-state index in [2.05, 4.69) is 9.88 Å². The predicted octanol–water partition coefficient (Wildman–Crippen LogP) is 3.08. The molecule has 0 aliphatic rings. The molecule has 0 saturated carbocycles. The molecule has 2 heterocycles. The molecule has 0 aliphatic heterocycles. The highest BCUT2D eigenvalue weighted by molar-refractivity contribution is 6.30.